The van der Waals surface area contributed by atoms with Crippen molar-refractivity contribution in [3.8, 4) is 0 Å². The first-order valence-electron chi connectivity index (χ1n) is 10.1. The third kappa shape index (κ3) is 6.03. The maximum Gasteiger partial charge on any atom is 0.243 e. The van der Waals surface area contributed by atoms with Gasteiger partial charge in [-0.15, -0.1) is 0 Å². The Morgan fingerprint density at radius 3 is 1.84 bits per heavy atom. The zero-order valence-corrected chi connectivity index (χ0v) is 19.2. The first-order chi connectivity index (χ1) is 14.6. The number of hydrogen-bond acceptors (Lipinski definition) is 3. The normalized spacial score (nSPS) is 11.5. The van der Waals surface area contributed by atoms with E-state index in [2.05, 4.69) is 5.32 Å². The van der Waals surface area contributed by atoms with Gasteiger partial charge < -0.3 is 5.32 Å². The van der Waals surface area contributed by atoms with Crippen molar-refractivity contribution in [3.63, 3.8) is 0 Å². The number of anilines is 1. The van der Waals surface area contributed by atoms with Crippen LogP contribution >= 0.6 is 0 Å². The van der Waals surface area contributed by atoms with Gasteiger partial charge in [0.1, 0.15) is 0 Å². The molecule has 0 radical (unpaired) electrons. The molecule has 0 heterocycles. The van der Waals surface area contributed by atoms with Gasteiger partial charge in [0, 0.05) is 12.2 Å². The van der Waals surface area contributed by atoms with E-state index in [1.807, 2.05) is 70.2 Å². The van der Waals surface area contributed by atoms with E-state index in [1.54, 1.807) is 24.3 Å². The summed E-state index contributed by atoms with van der Waals surface area (Å²) in [7, 11) is -3.86. The second-order valence-electron chi connectivity index (χ2n) is 8.00. The lowest BCUT2D eigenvalue weighted by molar-refractivity contribution is -0.116. The van der Waals surface area contributed by atoms with Gasteiger partial charge in [-0.05, 0) is 68.7 Å². The van der Waals surface area contributed by atoms with Gasteiger partial charge in [0.25, 0.3) is 0 Å². The summed E-state index contributed by atoms with van der Waals surface area (Å²) in [6, 6.07) is 20.0. The van der Waals surface area contributed by atoms with E-state index in [1.165, 1.54) is 4.31 Å². The molecule has 0 aromatic heterocycles. The van der Waals surface area contributed by atoms with Gasteiger partial charge in [-0.1, -0.05) is 53.6 Å². The summed E-state index contributed by atoms with van der Waals surface area (Å²) >= 11 is 0. The molecule has 162 valence electrons. The van der Waals surface area contributed by atoms with Gasteiger partial charge >= 0.3 is 0 Å². The van der Waals surface area contributed by atoms with Crippen LogP contribution in [0.15, 0.2) is 71.6 Å². The van der Waals surface area contributed by atoms with Crippen LogP contribution in [-0.4, -0.2) is 25.2 Å². The summed E-state index contributed by atoms with van der Waals surface area (Å²) < 4.78 is 27.9. The van der Waals surface area contributed by atoms with Crippen molar-refractivity contribution < 1.29 is 13.2 Å². The molecule has 3 aromatic carbocycles. The van der Waals surface area contributed by atoms with E-state index in [0.717, 1.165) is 27.8 Å². The van der Waals surface area contributed by atoms with Crippen LogP contribution in [-0.2, 0) is 21.4 Å². The molecule has 0 aliphatic heterocycles. The third-order valence-electron chi connectivity index (χ3n) is 4.96. The topological polar surface area (TPSA) is 66.5 Å². The number of sulfonamides is 1. The highest BCUT2D eigenvalue weighted by molar-refractivity contribution is 7.89. The molecule has 0 aliphatic rings. The van der Waals surface area contributed by atoms with Gasteiger partial charge in [0.2, 0.25) is 15.9 Å². The molecular weight excluding hydrogens is 408 g/mol. The van der Waals surface area contributed by atoms with Crippen LogP contribution in [0.4, 0.5) is 5.69 Å². The molecule has 0 spiro atoms. The Morgan fingerprint density at radius 1 is 0.774 bits per heavy atom. The van der Waals surface area contributed by atoms with Crippen molar-refractivity contribution in [2.24, 2.45) is 0 Å². The minimum absolute atomic E-state index is 0.108. The van der Waals surface area contributed by atoms with Gasteiger partial charge in [-0.25, -0.2) is 8.42 Å². The fraction of sp³-hybridized carbons (Fsp3) is 0.240. The Labute approximate surface area is 184 Å². The Balaban J connectivity index is 1.88. The number of carbonyl (C=O) groups excluding carboxylic acids is 1. The molecule has 1 N–H and O–H groups in total. The highest BCUT2D eigenvalue weighted by Gasteiger charge is 2.27. The number of nitrogens with one attached hydrogen (secondary N) is 1. The molecule has 0 fully saturated rings. The fourth-order valence-corrected chi connectivity index (χ4v) is 4.77. The summed E-state index contributed by atoms with van der Waals surface area (Å²) in [6.45, 7) is 7.61. The van der Waals surface area contributed by atoms with Crippen molar-refractivity contribution in [1.29, 1.82) is 0 Å². The number of aryl methyl sites for hydroxylation is 4. The van der Waals surface area contributed by atoms with E-state index in [4.69, 9.17) is 0 Å². The number of amides is 1. The third-order valence-corrected chi connectivity index (χ3v) is 6.77. The number of rotatable bonds is 7. The number of nitrogens with zero attached hydrogens (tertiary/aromatic N) is 1. The van der Waals surface area contributed by atoms with E-state index >= 15 is 0 Å². The van der Waals surface area contributed by atoms with Crippen LogP contribution < -0.4 is 5.32 Å². The molecule has 0 aliphatic carbocycles. The number of carbonyl (C=O) groups is 1. The molecule has 0 saturated heterocycles. The molecule has 3 aromatic rings. The molecule has 0 unspecified atom stereocenters. The Hall–Kier alpha value is -2.96. The molecule has 3 rings (SSSR count). The number of hydrogen-bond donors (Lipinski definition) is 1. The minimum Gasteiger partial charge on any atom is -0.325 e. The smallest absolute Gasteiger partial charge is 0.243 e. The highest BCUT2D eigenvalue weighted by Crippen LogP contribution is 2.20. The maximum absolute atomic E-state index is 13.4. The van der Waals surface area contributed by atoms with Crippen molar-refractivity contribution >= 4 is 21.6 Å². The van der Waals surface area contributed by atoms with Crippen LogP contribution in [0.2, 0.25) is 0 Å². The zero-order valence-electron chi connectivity index (χ0n) is 18.3. The lowest BCUT2D eigenvalue weighted by atomic mass is 10.1. The SMILES string of the molecule is Cc1ccc(CN(CC(=O)Nc2cc(C)cc(C)c2)S(=O)(=O)c2ccc(C)cc2)cc1. The summed E-state index contributed by atoms with van der Waals surface area (Å²) in [6.07, 6.45) is 0. The molecule has 6 heteroatoms. The van der Waals surface area contributed by atoms with Crippen molar-refractivity contribution in [2.45, 2.75) is 39.1 Å². The summed E-state index contributed by atoms with van der Waals surface area (Å²) in [4.78, 5) is 13.0. The minimum atomic E-state index is -3.86. The zero-order chi connectivity index (χ0) is 22.6. The first kappa shape index (κ1) is 22.7. The van der Waals surface area contributed by atoms with Crippen LogP contribution in [0.25, 0.3) is 0 Å². The van der Waals surface area contributed by atoms with Crippen LogP contribution in [0.3, 0.4) is 0 Å². The quantitative estimate of drug-likeness (QED) is 0.581. The number of benzene rings is 3. The van der Waals surface area contributed by atoms with Gasteiger partial charge in [0.05, 0.1) is 11.4 Å². The van der Waals surface area contributed by atoms with E-state index in [0.29, 0.717) is 5.69 Å². The fourth-order valence-electron chi connectivity index (χ4n) is 3.39. The van der Waals surface area contributed by atoms with Gasteiger partial charge in [-0.2, -0.15) is 4.31 Å². The standard InChI is InChI=1S/C25H28N2O3S/c1-18-5-9-22(10-6-18)16-27(31(29,30)24-11-7-19(2)8-12-24)17-25(28)26-23-14-20(3)13-21(4)15-23/h5-15H,16-17H2,1-4H3,(H,26,28). The van der Waals surface area contributed by atoms with Crippen molar-refractivity contribution in [3.05, 3.63) is 94.5 Å². The largest absolute Gasteiger partial charge is 0.325 e. The predicted molar refractivity (Wildman–Crippen MR) is 124 cm³/mol. The molecule has 0 atom stereocenters. The summed E-state index contributed by atoms with van der Waals surface area (Å²) in [5, 5.41) is 2.84. The maximum atomic E-state index is 13.4. The average Bonchev–Trinajstić information content (AvgIpc) is 2.68. The molecule has 0 saturated carbocycles. The molecule has 5 nitrogen and oxygen atoms in total. The van der Waals surface area contributed by atoms with E-state index in [9.17, 15) is 13.2 Å². The lowest BCUT2D eigenvalue weighted by Gasteiger charge is -2.22. The molecule has 0 bridgehead atoms. The van der Waals surface area contributed by atoms with E-state index < -0.39 is 10.0 Å². The summed E-state index contributed by atoms with van der Waals surface area (Å²) in [5.41, 5.74) is 5.59. The Kier molecular flexibility index (Phi) is 6.93. The van der Waals surface area contributed by atoms with Gasteiger partial charge in [0.15, 0.2) is 0 Å². The first-order valence-corrected chi connectivity index (χ1v) is 11.6. The van der Waals surface area contributed by atoms with Crippen LogP contribution in [0.1, 0.15) is 27.8 Å². The second-order valence-corrected chi connectivity index (χ2v) is 9.93. The molecular formula is C25H28N2O3S. The van der Waals surface area contributed by atoms with E-state index in [-0.39, 0.29) is 23.9 Å². The predicted octanol–water partition coefficient (Wildman–Crippen LogP) is 4.75. The van der Waals surface area contributed by atoms with Crippen molar-refractivity contribution in [1.82, 2.24) is 4.31 Å². The highest BCUT2D eigenvalue weighted by atomic mass is 32.2. The van der Waals surface area contributed by atoms with Crippen LogP contribution in [0.5, 0.6) is 0 Å². The Bertz CT molecular complexity index is 1150. The average molecular weight is 437 g/mol. The summed E-state index contributed by atoms with van der Waals surface area (Å²) in [5.74, 6) is -0.382. The van der Waals surface area contributed by atoms with Crippen molar-refractivity contribution in [2.75, 3.05) is 11.9 Å². The van der Waals surface area contributed by atoms with Crippen LogP contribution in [0, 0.1) is 27.7 Å². The lowest BCUT2D eigenvalue weighted by Crippen LogP contribution is -2.37. The molecule has 1 amide bonds. The molecule has 31 heavy (non-hydrogen) atoms. The second kappa shape index (κ2) is 9.45. The monoisotopic (exact) mass is 436 g/mol. The van der Waals surface area contributed by atoms with Gasteiger partial charge in [-0.3, -0.25) is 4.79 Å². The Morgan fingerprint density at radius 2 is 1.29 bits per heavy atom.